The van der Waals surface area contributed by atoms with Crippen LogP contribution in [0.4, 0.5) is 5.69 Å². The van der Waals surface area contributed by atoms with Gasteiger partial charge in [0.15, 0.2) is 0 Å². The minimum absolute atomic E-state index is 0.0337. The number of nitrogens with zero attached hydrogens (tertiary/aromatic N) is 1. The molecule has 2 saturated heterocycles. The van der Waals surface area contributed by atoms with Crippen molar-refractivity contribution < 1.29 is 9.59 Å². The van der Waals surface area contributed by atoms with Gasteiger partial charge in [-0.05, 0) is 68.8 Å². The van der Waals surface area contributed by atoms with Crippen LogP contribution in [0.15, 0.2) is 18.2 Å². The summed E-state index contributed by atoms with van der Waals surface area (Å²) in [6.45, 7) is 6.82. The molecule has 1 aromatic carbocycles. The number of aryl methyl sites for hydroxylation is 1. The molecule has 0 saturated carbocycles. The summed E-state index contributed by atoms with van der Waals surface area (Å²) < 4.78 is 0. The van der Waals surface area contributed by atoms with E-state index >= 15 is 0 Å². The second kappa shape index (κ2) is 8.00. The van der Waals surface area contributed by atoms with Crippen molar-refractivity contribution in [3.8, 4) is 0 Å². The quantitative estimate of drug-likeness (QED) is 0.883. The van der Waals surface area contributed by atoms with Gasteiger partial charge in [0.2, 0.25) is 5.91 Å². The highest BCUT2D eigenvalue weighted by atomic mass is 16.2. The van der Waals surface area contributed by atoms with Crippen LogP contribution in [0.3, 0.4) is 0 Å². The predicted molar refractivity (Wildman–Crippen MR) is 99.8 cm³/mol. The number of piperidine rings is 1. The van der Waals surface area contributed by atoms with Crippen LogP contribution < -0.4 is 10.6 Å². The summed E-state index contributed by atoms with van der Waals surface area (Å²) >= 11 is 0. The summed E-state index contributed by atoms with van der Waals surface area (Å²) in [6.07, 6.45) is 4.99. The third kappa shape index (κ3) is 4.60. The summed E-state index contributed by atoms with van der Waals surface area (Å²) in [5.41, 5.74) is 2.44. The molecule has 2 aliphatic heterocycles. The molecule has 5 heteroatoms. The summed E-state index contributed by atoms with van der Waals surface area (Å²) in [6, 6.07) is 5.88. The summed E-state index contributed by atoms with van der Waals surface area (Å²) in [5, 5.41) is 6.33. The highest BCUT2D eigenvalue weighted by Gasteiger charge is 2.23. The van der Waals surface area contributed by atoms with Crippen LogP contribution in [0, 0.1) is 12.8 Å². The number of carbonyl (C=O) groups is 2. The van der Waals surface area contributed by atoms with E-state index in [4.69, 9.17) is 0 Å². The third-order valence-electron chi connectivity index (χ3n) is 5.29. The lowest BCUT2D eigenvalue weighted by molar-refractivity contribution is -0.116. The van der Waals surface area contributed by atoms with Gasteiger partial charge in [-0.15, -0.1) is 0 Å². The normalized spacial score (nSPS) is 23.5. The van der Waals surface area contributed by atoms with Crippen LogP contribution >= 0.6 is 0 Å². The standard InChI is InChI=1S/C20H29N3O2/c1-14-5-4-10-23(13-14)20(25)16-7-8-18(15(2)11-16)22-19(24)12-17-6-3-9-21-17/h7-8,11,14,17,21H,3-6,9-10,12-13H2,1-2H3,(H,22,24). The third-order valence-corrected chi connectivity index (χ3v) is 5.29. The van der Waals surface area contributed by atoms with Gasteiger partial charge in [-0.25, -0.2) is 0 Å². The lowest BCUT2D eigenvalue weighted by Gasteiger charge is -2.31. The number of anilines is 1. The van der Waals surface area contributed by atoms with E-state index in [2.05, 4.69) is 17.6 Å². The zero-order valence-corrected chi connectivity index (χ0v) is 15.3. The van der Waals surface area contributed by atoms with E-state index < -0.39 is 0 Å². The zero-order valence-electron chi connectivity index (χ0n) is 15.3. The number of hydrogen-bond acceptors (Lipinski definition) is 3. The lowest BCUT2D eigenvalue weighted by atomic mass is 9.99. The van der Waals surface area contributed by atoms with Crippen molar-refractivity contribution in [3.63, 3.8) is 0 Å². The number of rotatable bonds is 4. The van der Waals surface area contributed by atoms with Gasteiger partial charge in [0, 0.05) is 36.8 Å². The fourth-order valence-corrected chi connectivity index (χ4v) is 3.85. The number of nitrogens with one attached hydrogen (secondary N) is 2. The van der Waals surface area contributed by atoms with E-state index in [9.17, 15) is 9.59 Å². The van der Waals surface area contributed by atoms with Gasteiger partial charge >= 0.3 is 0 Å². The Morgan fingerprint density at radius 3 is 2.80 bits per heavy atom. The van der Waals surface area contributed by atoms with Crippen LogP contribution in [0.1, 0.15) is 54.9 Å². The Morgan fingerprint density at radius 2 is 2.12 bits per heavy atom. The van der Waals surface area contributed by atoms with Crippen molar-refractivity contribution in [1.29, 1.82) is 0 Å². The Labute approximate surface area is 150 Å². The summed E-state index contributed by atoms with van der Waals surface area (Å²) in [5.74, 6) is 0.704. The van der Waals surface area contributed by atoms with Crippen LogP contribution in [0.2, 0.25) is 0 Å². The lowest BCUT2D eigenvalue weighted by Crippen LogP contribution is -2.39. The van der Waals surface area contributed by atoms with Crippen molar-refractivity contribution >= 4 is 17.5 Å². The first kappa shape index (κ1) is 17.9. The number of amides is 2. The zero-order chi connectivity index (χ0) is 17.8. The van der Waals surface area contributed by atoms with E-state index in [0.717, 1.165) is 50.1 Å². The molecule has 2 atom stereocenters. The van der Waals surface area contributed by atoms with E-state index in [0.29, 0.717) is 23.9 Å². The van der Waals surface area contributed by atoms with Gasteiger partial charge < -0.3 is 15.5 Å². The molecule has 2 heterocycles. The largest absolute Gasteiger partial charge is 0.338 e. The second-order valence-electron chi connectivity index (χ2n) is 7.57. The first-order valence-electron chi connectivity index (χ1n) is 9.46. The van der Waals surface area contributed by atoms with E-state index in [-0.39, 0.29) is 11.8 Å². The topological polar surface area (TPSA) is 61.4 Å². The van der Waals surface area contributed by atoms with Gasteiger partial charge in [-0.1, -0.05) is 6.92 Å². The number of hydrogen-bond donors (Lipinski definition) is 2. The second-order valence-corrected chi connectivity index (χ2v) is 7.57. The van der Waals surface area contributed by atoms with Gasteiger partial charge in [-0.3, -0.25) is 9.59 Å². The van der Waals surface area contributed by atoms with Crippen LogP contribution in [0.25, 0.3) is 0 Å². The van der Waals surface area contributed by atoms with E-state index in [1.807, 2.05) is 30.0 Å². The Morgan fingerprint density at radius 1 is 1.28 bits per heavy atom. The Bertz CT molecular complexity index is 638. The Balaban J connectivity index is 1.61. The number of carbonyl (C=O) groups excluding carboxylic acids is 2. The molecule has 0 bridgehead atoms. The van der Waals surface area contributed by atoms with Gasteiger partial charge in [0.1, 0.15) is 0 Å². The van der Waals surface area contributed by atoms with Gasteiger partial charge in [-0.2, -0.15) is 0 Å². The van der Waals surface area contributed by atoms with Crippen molar-refractivity contribution in [2.24, 2.45) is 5.92 Å². The molecule has 0 aromatic heterocycles. The highest BCUT2D eigenvalue weighted by Crippen LogP contribution is 2.22. The molecule has 2 unspecified atom stereocenters. The van der Waals surface area contributed by atoms with Gasteiger partial charge in [0.05, 0.1) is 0 Å². The molecule has 1 aromatic rings. The molecule has 3 rings (SSSR count). The molecular weight excluding hydrogens is 314 g/mol. The summed E-state index contributed by atoms with van der Waals surface area (Å²) in [4.78, 5) is 26.8. The minimum Gasteiger partial charge on any atom is -0.338 e. The van der Waals surface area contributed by atoms with E-state index in [1.165, 1.54) is 6.42 Å². The molecule has 0 aliphatic carbocycles. The van der Waals surface area contributed by atoms with Crippen molar-refractivity contribution in [3.05, 3.63) is 29.3 Å². The fraction of sp³-hybridized carbons (Fsp3) is 0.600. The molecule has 0 spiro atoms. The molecule has 25 heavy (non-hydrogen) atoms. The molecule has 2 aliphatic rings. The minimum atomic E-state index is 0.0337. The summed E-state index contributed by atoms with van der Waals surface area (Å²) in [7, 11) is 0. The smallest absolute Gasteiger partial charge is 0.253 e. The molecule has 5 nitrogen and oxygen atoms in total. The molecule has 2 amide bonds. The molecular formula is C20H29N3O2. The van der Waals surface area contributed by atoms with Crippen LogP contribution in [-0.2, 0) is 4.79 Å². The van der Waals surface area contributed by atoms with Crippen LogP contribution in [-0.4, -0.2) is 42.4 Å². The fourth-order valence-electron chi connectivity index (χ4n) is 3.85. The number of likely N-dealkylation sites (tertiary alicyclic amines) is 1. The SMILES string of the molecule is Cc1cc(C(=O)N2CCCC(C)C2)ccc1NC(=O)CC1CCCN1. The molecule has 2 fully saturated rings. The average molecular weight is 343 g/mol. The maximum atomic E-state index is 12.7. The van der Waals surface area contributed by atoms with Crippen LogP contribution in [0.5, 0.6) is 0 Å². The Kier molecular flexibility index (Phi) is 5.74. The number of benzene rings is 1. The van der Waals surface area contributed by atoms with Crippen molar-refractivity contribution in [1.82, 2.24) is 10.2 Å². The molecule has 0 radical (unpaired) electrons. The van der Waals surface area contributed by atoms with Crippen molar-refractivity contribution in [2.45, 2.75) is 52.0 Å². The molecule has 2 N–H and O–H groups in total. The highest BCUT2D eigenvalue weighted by molar-refractivity contribution is 5.96. The molecule has 136 valence electrons. The maximum absolute atomic E-state index is 12.7. The maximum Gasteiger partial charge on any atom is 0.253 e. The monoisotopic (exact) mass is 343 g/mol. The average Bonchev–Trinajstić information content (AvgIpc) is 3.09. The Hall–Kier alpha value is -1.88. The van der Waals surface area contributed by atoms with Crippen molar-refractivity contribution in [2.75, 3.05) is 25.0 Å². The van der Waals surface area contributed by atoms with Gasteiger partial charge in [0.25, 0.3) is 5.91 Å². The first-order valence-corrected chi connectivity index (χ1v) is 9.46. The predicted octanol–water partition coefficient (Wildman–Crippen LogP) is 2.95. The van der Waals surface area contributed by atoms with E-state index in [1.54, 1.807) is 0 Å². The first-order chi connectivity index (χ1) is 12.0.